The summed E-state index contributed by atoms with van der Waals surface area (Å²) in [6, 6.07) is 0.0534. The van der Waals surface area contributed by atoms with E-state index in [0.717, 1.165) is 11.6 Å². The maximum Gasteiger partial charge on any atom is 0.243 e. The summed E-state index contributed by atoms with van der Waals surface area (Å²) in [6.07, 6.45) is 7.19. The lowest BCUT2D eigenvalue weighted by Crippen LogP contribution is -2.31. The second-order valence-corrected chi connectivity index (χ2v) is 5.12. The number of aryl methyl sites for hydroxylation is 1. The fourth-order valence-electron chi connectivity index (χ4n) is 2.19. The minimum Gasteiger partial charge on any atom is -0.347 e. The quantitative estimate of drug-likeness (QED) is 0.905. The van der Waals surface area contributed by atoms with Crippen LogP contribution in [-0.4, -0.2) is 25.0 Å². The van der Waals surface area contributed by atoms with Gasteiger partial charge in [-0.15, -0.1) is 0 Å². The molecule has 6 heteroatoms. The van der Waals surface area contributed by atoms with E-state index in [0.29, 0.717) is 12.6 Å². The zero-order chi connectivity index (χ0) is 14.7. The molecule has 108 valence electrons. The summed E-state index contributed by atoms with van der Waals surface area (Å²) < 4.78 is 3.90. The first-order chi connectivity index (χ1) is 9.50. The smallest absolute Gasteiger partial charge is 0.243 e. The molecule has 6 nitrogen and oxygen atoms in total. The molecule has 0 saturated carbocycles. The SMILES string of the molecule is Cc1nccn1[C@@H](C)C(=O)NCc1nccn1C(C)C. The summed E-state index contributed by atoms with van der Waals surface area (Å²) in [5.41, 5.74) is 0. The van der Waals surface area contributed by atoms with Crippen molar-refractivity contribution in [1.82, 2.24) is 24.4 Å². The number of amides is 1. The van der Waals surface area contributed by atoms with Crippen LogP contribution in [0.2, 0.25) is 0 Å². The molecule has 0 aromatic carbocycles. The number of carbonyl (C=O) groups is 1. The van der Waals surface area contributed by atoms with E-state index in [1.54, 1.807) is 12.4 Å². The predicted molar refractivity (Wildman–Crippen MR) is 76.1 cm³/mol. The molecule has 0 aliphatic heterocycles. The second-order valence-electron chi connectivity index (χ2n) is 5.12. The molecule has 0 unspecified atom stereocenters. The van der Waals surface area contributed by atoms with Crippen LogP contribution in [0.25, 0.3) is 0 Å². The van der Waals surface area contributed by atoms with Crippen molar-refractivity contribution in [2.75, 3.05) is 0 Å². The van der Waals surface area contributed by atoms with E-state index >= 15 is 0 Å². The van der Waals surface area contributed by atoms with Crippen LogP contribution in [0.15, 0.2) is 24.8 Å². The van der Waals surface area contributed by atoms with Gasteiger partial charge in [-0.1, -0.05) is 0 Å². The molecule has 2 heterocycles. The van der Waals surface area contributed by atoms with E-state index in [1.165, 1.54) is 0 Å². The Bertz CT molecular complexity index is 584. The zero-order valence-corrected chi connectivity index (χ0v) is 12.4. The van der Waals surface area contributed by atoms with Gasteiger partial charge in [0.15, 0.2) is 0 Å². The highest BCUT2D eigenvalue weighted by Gasteiger charge is 2.16. The molecule has 2 aromatic rings. The number of hydrogen-bond acceptors (Lipinski definition) is 3. The van der Waals surface area contributed by atoms with Gasteiger partial charge in [0.05, 0.1) is 6.54 Å². The van der Waals surface area contributed by atoms with Gasteiger partial charge >= 0.3 is 0 Å². The van der Waals surface area contributed by atoms with Crippen LogP contribution in [0.4, 0.5) is 0 Å². The second kappa shape index (κ2) is 5.90. The van der Waals surface area contributed by atoms with Gasteiger partial charge in [-0.05, 0) is 27.7 Å². The molecule has 20 heavy (non-hydrogen) atoms. The largest absolute Gasteiger partial charge is 0.347 e. The van der Waals surface area contributed by atoms with Crippen LogP contribution in [0.3, 0.4) is 0 Å². The highest BCUT2D eigenvalue weighted by Crippen LogP contribution is 2.10. The van der Waals surface area contributed by atoms with Gasteiger partial charge in [0, 0.05) is 30.8 Å². The van der Waals surface area contributed by atoms with E-state index in [1.807, 2.05) is 35.4 Å². The van der Waals surface area contributed by atoms with E-state index < -0.39 is 0 Å². The van der Waals surface area contributed by atoms with Gasteiger partial charge in [0.2, 0.25) is 5.91 Å². The van der Waals surface area contributed by atoms with Crippen molar-refractivity contribution in [3.05, 3.63) is 36.4 Å². The Balaban J connectivity index is 1.99. The van der Waals surface area contributed by atoms with Crippen molar-refractivity contribution in [2.24, 2.45) is 0 Å². The number of hydrogen-bond donors (Lipinski definition) is 1. The van der Waals surface area contributed by atoms with Crippen molar-refractivity contribution in [2.45, 2.75) is 46.3 Å². The summed E-state index contributed by atoms with van der Waals surface area (Å²) in [7, 11) is 0. The van der Waals surface area contributed by atoms with Crippen LogP contribution < -0.4 is 5.32 Å². The third kappa shape index (κ3) is 2.89. The number of carbonyl (C=O) groups excluding carboxylic acids is 1. The number of nitrogens with zero attached hydrogens (tertiary/aromatic N) is 4. The molecular weight excluding hydrogens is 254 g/mol. The first kappa shape index (κ1) is 14.3. The first-order valence-corrected chi connectivity index (χ1v) is 6.79. The minimum absolute atomic E-state index is 0.0376. The fraction of sp³-hybridized carbons (Fsp3) is 0.500. The van der Waals surface area contributed by atoms with Crippen LogP contribution in [0.5, 0.6) is 0 Å². The summed E-state index contributed by atoms with van der Waals surface area (Å²) in [5, 5.41) is 2.92. The molecule has 1 atom stereocenters. The number of rotatable bonds is 5. The topological polar surface area (TPSA) is 64.7 Å². The molecule has 2 aromatic heterocycles. The Kier molecular flexibility index (Phi) is 4.22. The Morgan fingerprint density at radius 3 is 2.45 bits per heavy atom. The van der Waals surface area contributed by atoms with Crippen molar-refractivity contribution in [1.29, 1.82) is 0 Å². The first-order valence-electron chi connectivity index (χ1n) is 6.79. The fourth-order valence-corrected chi connectivity index (χ4v) is 2.19. The van der Waals surface area contributed by atoms with Gasteiger partial charge in [-0.3, -0.25) is 4.79 Å². The standard InChI is InChI=1S/C14H21N5O/c1-10(2)18-7-6-16-13(18)9-17-14(20)11(3)19-8-5-15-12(19)4/h5-8,10-11H,9H2,1-4H3,(H,17,20)/t11-/m0/s1. The van der Waals surface area contributed by atoms with E-state index in [9.17, 15) is 4.79 Å². The third-order valence-corrected chi connectivity index (χ3v) is 3.38. The highest BCUT2D eigenvalue weighted by atomic mass is 16.2. The van der Waals surface area contributed by atoms with Gasteiger partial charge in [-0.2, -0.15) is 0 Å². The van der Waals surface area contributed by atoms with Crippen LogP contribution in [0.1, 0.15) is 44.5 Å². The average Bonchev–Trinajstić information content (AvgIpc) is 3.03. The molecule has 1 N–H and O–H groups in total. The molecule has 0 aliphatic carbocycles. The van der Waals surface area contributed by atoms with Gasteiger partial charge < -0.3 is 14.5 Å². The van der Waals surface area contributed by atoms with Crippen LogP contribution >= 0.6 is 0 Å². The lowest BCUT2D eigenvalue weighted by Gasteiger charge is -2.16. The molecule has 0 saturated heterocycles. The Labute approximate surface area is 118 Å². The van der Waals surface area contributed by atoms with Crippen molar-refractivity contribution in [3.8, 4) is 0 Å². The maximum absolute atomic E-state index is 12.2. The molecule has 0 spiro atoms. The van der Waals surface area contributed by atoms with Crippen molar-refractivity contribution >= 4 is 5.91 Å². The van der Waals surface area contributed by atoms with E-state index in [4.69, 9.17) is 0 Å². The average molecular weight is 275 g/mol. The number of imidazole rings is 2. The summed E-state index contributed by atoms with van der Waals surface area (Å²) in [4.78, 5) is 20.6. The molecule has 0 bridgehead atoms. The normalized spacial score (nSPS) is 12.7. The highest BCUT2D eigenvalue weighted by molar-refractivity contribution is 5.79. The predicted octanol–water partition coefficient (Wildman–Crippen LogP) is 1.85. The monoisotopic (exact) mass is 275 g/mol. The number of aromatic nitrogens is 4. The number of nitrogens with one attached hydrogen (secondary N) is 1. The molecule has 2 rings (SSSR count). The minimum atomic E-state index is -0.278. The van der Waals surface area contributed by atoms with Crippen LogP contribution in [0, 0.1) is 6.92 Å². The van der Waals surface area contributed by atoms with Crippen molar-refractivity contribution < 1.29 is 4.79 Å². The van der Waals surface area contributed by atoms with Gasteiger partial charge in [-0.25, -0.2) is 9.97 Å². The van der Waals surface area contributed by atoms with Gasteiger partial charge in [0.1, 0.15) is 17.7 Å². The van der Waals surface area contributed by atoms with Crippen LogP contribution in [-0.2, 0) is 11.3 Å². The van der Waals surface area contributed by atoms with E-state index in [2.05, 4.69) is 29.1 Å². The molecule has 0 radical (unpaired) electrons. The maximum atomic E-state index is 12.2. The zero-order valence-electron chi connectivity index (χ0n) is 12.4. The molecule has 1 amide bonds. The van der Waals surface area contributed by atoms with Gasteiger partial charge in [0.25, 0.3) is 0 Å². The molecule has 0 fully saturated rings. The Hall–Kier alpha value is -2.11. The van der Waals surface area contributed by atoms with Crippen molar-refractivity contribution in [3.63, 3.8) is 0 Å². The lowest BCUT2D eigenvalue weighted by atomic mass is 10.3. The summed E-state index contributed by atoms with van der Waals surface area (Å²) in [6.45, 7) is 8.35. The lowest BCUT2D eigenvalue weighted by molar-refractivity contribution is -0.124. The molecular formula is C14H21N5O. The summed E-state index contributed by atoms with van der Waals surface area (Å²) in [5.74, 6) is 1.66. The summed E-state index contributed by atoms with van der Waals surface area (Å²) >= 11 is 0. The Morgan fingerprint density at radius 2 is 1.85 bits per heavy atom. The third-order valence-electron chi connectivity index (χ3n) is 3.38. The molecule has 0 aliphatic rings. The Morgan fingerprint density at radius 1 is 1.20 bits per heavy atom. The van der Waals surface area contributed by atoms with E-state index in [-0.39, 0.29) is 11.9 Å².